The molecule has 118 valence electrons. The summed E-state index contributed by atoms with van der Waals surface area (Å²) >= 11 is 0. The second-order valence-electron chi connectivity index (χ2n) is 6.41. The lowest BCUT2D eigenvalue weighted by Gasteiger charge is -2.38. The lowest BCUT2D eigenvalue weighted by molar-refractivity contribution is -0.118. The summed E-state index contributed by atoms with van der Waals surface area (Å²) in [4.78, 5) is 17.9. The molecule has 2 aliphatic heterocycles. The standard InChI is InChI=1S/C18H19N3O2/c1-21-16-4-2-12(6-13(16)3-5-17(21)22)14-7-15(9-20-8-14)18(19)10-23-11-18/h2,4,6-9H,3,5,10-11,19H2,1H3. The van der Waals surface area contributed by atoms with Gasteiger partial charge in [0, 0.05) is 37.1 Å². The number of hydrogen-bond donors (Lipinski definition) is 1. The smallest absolute Gasteiger partial charge is 0.227 e. The number of nitrogens with two attached hydrogens (primary N) is 1. The van der Waals surface area contributed by atoms with E-state index in [1.54, 1.807) is 4.90 Å². The summed E-state index contributed by atoms with van der Waals surface area (Å²) in [7, 11) is 1.83. The fourth-order valence-electron chi connectivity index (χ4n) is 3.19. The minimum absolute atomic E-state index is 0.170. The molecule has 2 aliphatic rings. The average molecular weight is 309 g/mol. The number of pyridine rings is 1. The van der Waals surface area contributed by atoms with Crippen molar-refractivity contribution in [2.24, 2.45) is 5.73 Å². The highest BCUT2D eigenvalue weighted by Crippen LogP contribution is 2.33. The lowest BCUT2D eigenvalue weighted by Crippen LogP contribution is -2.54. The number of aromatic nitrogens is 1. The molecule has 1 fully saturated rings. The van der Waals surface area contributed by atoms with Gasteiger partial charge < -0.3 is 15.4 Å². The summed E-state index contributed by atoms with van der Waals surface area (Å²) in [5, 5.41) is 0. The van der Waals surface area contributed by atoms with Crippen LogP contribution in [0, 0.1) is 0 Å². The average Bonchev–Trinajstić information content (AvgIpc) is 2.56. The van der Waals surface area contributed by atoms with Gasteiger partial charge in [0.25, 0.3) is 0 Å². The van der Waals surface area contributed by atoms with E-state index in [0.717, 1.165) is 28.8 Å². The highest BCUT2D eigenvalue weighted by Gasteiger charge is 2.36. The van der Waals surface area contributed by atoms with Gasteiger partial charge in [-0.05, 0) is 41.3 Å². The molecule has 0 spiro atoms. The summed E-state index contributed by atoms with van der Waals surface area (Å²) in [5.41, 5.74) is 11.2. The van der Waals surface area contributed by atoms with Crippen LogP contribution in [0.1, 0.15) is 17.5 Å². The normalized spacial score (nSPS) is 19.2. The van der Waals surface area contributed by atoms with Gasteiger partial charge in [0.1, 0.15) is 0 Å². The minimum Gasteiger partial charge on any atom is -0.377 e. The first-order valence-electron chi connectivity index (χ1n) is 7.79. The number of fused-ring (bicyclic) bond motifs is 1. The highest BCUT2D eigenvalue weighted by atomic mass is 16.5. The zero-order valence-corrected chi connectivity index (χ0v) is 13.1. The zero-order valence-electron chi connectivity index (χ0n) is 13.1. The molecule has 1 aromatic heterocycles. The van der Waals surface area contributed by atoms with Crippen molar-refractivity contribution in [2.45, 2.75) is 18.4 Å². The van der Waals surface area contributed by atoms with Gasteiger partial charge in [-0.2, -0.15) is 0 Å². The number of nitrogens with zero attached hydrogens (tertiary/aromatic N) is 2. The molecule has 2 N–H and O–H groups in total. The third-order valence-electron chi connectivity index (χ3n) is 4.79. The summed E-state index contributed by atoms with van der Waals surface area (Å²) in [6.07, 6.45) is 5.02. The Hall–Kier alpha value is -2.24. The number of carbonyl (C=O) groups excluding carboxylic acids is 1. The Kier molecular flexibility index (Phi) is 3.21. The maximum atomic E-state index is 11.8. The fraction of sp³-hybridized carbons (Fsp3) is 0.333. The third kappa shape index (κ3) is 2.33. The Labute approximate surface area is 135 Å². The van der Waals surface area contributed by atoms with E-state index >= 15 is 0 Å². The van der Waals surface area contributed by atoms with Gasteiger partial charge in [-0.1, -0.05) is 6.07 Å². The van der Waals surface area contributed by atoms with E-state index in [9.17, 15) is 4.79 Å². The molecule has 0 atom stereocenters. The van der Waals surface area contributed by atoms with Crippen LogP contribution in [0.3, 0.4) is 0 Å². The van der Waals surface area contributed by atoms with Gasteiger partial charge in [-0.3, -0.25) is 9.78 Å². The van der Waals surface area contributed by atoms with Crippen molar-refractivity contribution in [1.29, 1.82) is 0 Å². The van der Waals surface area contributed by atoms with Crippen LogP contribution >= 0.6 is 0 Å². The molecule has 3 heterocycles. The van der Waals surface area contributed by atoms with Crippen molar-refractivity contribution in [3.63, 3.8) is 0 Å². The SMILES string of the molecule is CN1C(=O)CCc2cc(-c3cncc(C4(N)COC4)c3)ccc21. The number of ether oxygens (including phenoxy) is 1. The molecule has 0 unspecified atom stereocenters. The molecule has 4 rings (SSSR count). The Bertz CT molecular complexity index is 784. The van der Waals surface area contributed by atoms with E-state index in [4.69, 9.17) is 10.5 Å². The lowest BCUT2D eigenvalue weighted by atomic mass is 9.88. The Morgan fingerprint density at radius 2 is 2.00 bits per heavy atom. The minimum atomic E-state index is -0.413. The van der Waals surface area contributed by atoms with Gasteiger partial charge in [0.05, 0.1) is 18.8 Å². The van der Waals surface area contributed by atoms with E-state index in [1.165, 1.54) is 5.56 Å². The maximum Gasteiger partial charge on any atom is 0.227 e. The Morgan fingerprint density at radius 3 is 2.74 bits per heavy atom. The van der Waals surface area contributed by atoms with Crippen LogP contribution < -0.4 is 10.6 Å². The van der Waals surface area contributed by atoms with Crippen molar-refractivity contribution in [2.75, 3.05) is 25.2 Å². The number of anilines is 1. The van der Waals surface area contributed by atoms with Gasteiger partial charge in [0.15, 0.2) is 0 Å². The first-order chi connectivity index (χ1) is 11.1. The van der Waals surface area contributed by atoms with Crippen LogP contribution in [-0.2, 0) is 21.5 Å². The molecule has 0 bridgehead atoms. The quantitative estimate of drug-likeness (QED) is 0.919. The van der Waals surface area contributed by atoms with Crippen molar-refractivity contribution < 1.29 is 9.53 Å². The monoisotopic (exact) mass is 309 g/mol. The molecule has 5 heteroatoms. The van der Waals surface area contributed by atoms with Gasteiger partial charge in [-0.25, -0.2) is 0 Å². The van der Waals surface area contributed by atoms with E-state index in [1.807, 2.05) is 31.6 Å². The van der Waals surface area contributed by atoms with Crippen LogP contribution in [0.15, 0.2) is 36.7 Å². The molecule has 0 radical (unpaired) electrons. The van der Waals surface area contributed by atoms with Crippen molar-refractivity contribution >= 4 is 11.6 Å². The maximum absolute atomic E-state index is 11.8. The number of amides is 1. The molecule has 5 nitrogen and oxygen atoms in total. The molecular formula is C18H19N3O2. The third-order valence-corrected chi connectivity index (χ3v) is 4.79. The summed E-state index contributed by atoms with van der Waals surface area (Å²) in [6, 6.07) is 8.29. The van der Waals surface area contributed by atoms with Crippen molar-refractivity contribution in [3.8, 4) is 11.1 Å². The number of carbonyl (C=O) groups is 1. The second kappa shape index (κ2) is 5.15. The van der Waals surface area contributed by atoms with Crippen LogP contribution in [0.5, 0.6) is 0 Å². The van der Waals surface area contributed by atoms with E-state index in [-0.39, 0.29) is 5.91 Å². The molecule has 1 saturated heterocycles. The summed E-state index contributed by atoms with van der Waals surface area (Å²) in [6.45, 7) is 1.07. The zero-order chi connectivity index (χ0) is 16.0. The predicted molar refractivity (Wildman–Crippen MR) is 88.1 cm³/mol. The summed E-state index contributed by atoms with van der Waals surface area (Å²) < 4.78 is 5.24. The molecule has 1 aromatic carbocycles. The molecule has 0 aliphatic carbocycles. The second-order valence-corrected chi connectivity index (χ2v) is 6.41. The number of hydrogen-bond acceptors (Lipinski definition) is 4. The topological polar surface area (TPSA) is 68.5 Å². The number of aryl methyl sites for hydroxylation is 1. The molecule has 2 aromatic rings. The van der Waals surface area contributed by atoms with Crippen LogP contribution in [0.2, 0.25) is 0 Å². The van der Waals surface area contributed by atoms with Gasteiger partial charge >= 0.3 is 0 Å². The predicted octanol–water partition coefficient (Wildman–Crippen LogP) is 1.84. The Morgan fingerprint density at radius 1 is 1.17 bits per heavy atom. The largest absolute Gasteiger partial charge is 0.377 e. The van der Waals surface area contributed by atoms with E-state index in [0.29, 0.717) is 19.6 Å². The first kappa shape index (κ1) is 14.4. The van der Waals surface area contributed by atoms with Crippen LogP contribution in [0.25, 0.3) is 11.1 Å². The fourth-order valence-corrected chi connectivity index (χ4v) is 3.19. The highest BCUT2D eigenvalue weighted by molar-refractivity contribution is 5.96. The first-order valence-corrected chi connectivity index (χ1v) is 7.79. The molecular weight excluding hydrogens is 290 g/mol. The number of benzene rings is 1. The molecule has 0 saturated carbocycles. The van der Waals surface area contributed by atoms with Crippen LogP contribution in [0.4, 0.5) is 5.69 Å². The van der Waals surface area contributed by atoms with E-state index in [2.05, 4.69) is 17.1 Å². The Balaban J connectivity index is 1.72. The van der Waals surface area contributed by atoms with Crippen molar-refractivity contribution in [3.05, 3.63) is 47.8 Å². The van der Waals surface area contributed by atoms with Crippen molar-refractivity contribution in [1.82, 2.24) is 4.98 Å². The number of rotatable bonds is 2. The van der Waals surface area contributed by atoms with E-state index < -0.39 is 5.54 Å². The molecule has 1 amide bonds. The van der Waals surface area contributed by atoms with Crippen LogP contribution in [-0.4, -0.2) is 31.2 Å². The van der Waals surface area contributed by atoms with Gasteiger partial charge in [0.2, 0.25) is 5.91 Å². The summed E-state index contributed by atoms with van der Waals surface area (Å²) in [5.74, 6) is 0.170. The van der Waals surface area contributed by atoms with Gasteiger partial charge in [-0.15, -0.1) is 0 Å². The molecule has 23 heavy (non-hydrogen) atoms.